The van der Waals surface area contributed by atoms with E-state index in [0.717, 1.165) is 6.26 Å². The van der Waals surface area contributed by atoms with Crippen LogP contribution in [-0.2, 0) is 19.4 Å². The Hall–Kier alpha value is -2.14. The lowest BCUT2D eigenvalue weighted by Crippen LogP contribution is -2.38. The molecular formula is C16H16O4S. The van der Waals surface area contributed by atoms with Gasteiger partial charge in [0.25, 0.3) is 0 Å². The highest BCUT2D eigenvalue weighted by Crippen LogP contribution is 2.40. The number of rotatable bonds is 5. The van der Waals surface area contributed by atoms with E-state index in [2.05, 4.69) is 0 Å². The zero-order valence-corrected chi connectivity index (χ0v) is 12.4. The van der Waals surface area contributed by atoms with E-state index in [9.17, 15) is 18.3 Å². The predicted octanol–water partition coefficient (Wildman–Crippen LogP) is 2.45. The largest absolute Gasteiger partial charge is 0.481 e. The minimum absolute atomic E-state index is 0.459. The molecule has 0 atom stereocenters. The molecule has 0 fully saturated rings. The number of carbonyl (C=O) groups is 1. The van der Waals surface area contributed by atoms with Crippen molar-refractivity contribution in [2.75, 3.05) is 6.26 Å². The van der Waals surface area contributed by atoms with E-state index in [4.69, 9.17) is 0 Å². The molecular weight excluding hydrogens is 288 g/mol. The highest BCUT2D eigenvalue weighted by atomic mass is 32.2. The molecule has 4 nitrogen and oxygen atoms in total. The molecule has 2 aromatic carbocycles. The molecule has 2 aromatic rings. The molecule has 5 heteroatoms. The summed E-state index contributed by atoms with van der Waals surface area (Å²) in [5, 5.41) is 9.27. The standard InChI is InChI=1S/C16H16O4S/c1-21(19,20)16(12-15(17)18,13-8-4-2-5-9-13)14-10-6-3-7-11-14/h2-11H,12H2,1H3,(H,17,18). The summed E-state index contributed by atoms with van der Waals surface area (Å²) in [7, 11) is -3.71. The third-order valence-corrected chi connectivity index (χ3v) is 5.40. The molecule has 0 unspecified atom stereocenters. The lowest BCUT2D eigenvalue weighted by Gasteiger charge is -2.31. The van der Waals surface area contributed by atoms with Crippen LogP contribution in [0, 0.1) is 0 Å². The second kappa shape index (κ2) is 5.69. The van der Waals surface area contributed by atoms with E-state index < -0.39 is 27.0 Å². The summed E-state index contributed by atoms with van der Waals surface area (Å²) in [6.45, 7) is 0. The highest BCUT2D eigenvalue weighted by Gasteiger charge is 2.46. The van der Waals surface area contributed by atoms with Crippen molar-refractivity contribution in [1.82, 2.24) is 0 Å². The fraction of sp³-hybridized carbons (Fsp3) is 0.188. The molecule has 0 aliphatic rings. The Labute approximate surface area is 124 Å². The zero-order chi connectivity index (χ0) is 15.5. The summed E-state index contributed by atoms with van der Waals surface area (Å²) in [5.74, 6) is -1.16. The molecule has 0 aliphatic heterocycles. The Morgan fingerprint density at radius 1 is 0.952 bits per heavy atom. The third-order valence-electron chi connectivity index (χ3n) is 3.51. The van der Waals surface area contributed by atoms with Gasteiger partial charge in [0.1, 0.15) is 4.75 Å². The minimum atomic E-state index is -3.71. The van der Waals surface area contributed by atoms with Gasteiger partial charge in [-0.15, -0.1) is 0 Å². The number of sulfone groups is 1. The molecule has 0 spiro atoms. The fourth-order valence-electron chi connectivity index (χ4n) is 2.56. The summed E-state index contributed by atoms with van der Waals surface area (Å²) in [5.41, 5.74) is 0.919. The van der Waals surface area contributed by atoms with Crippen molar-refractivity contribution < 1.29 is 18.3 Å². The number of hydrogen-bond donors (Lipinski definition) is 1. The van der Waals surface area contributed by atoms with Gasteiger partial charge in [0.2, 0.25) is 0 Å². The molecule has 0 radical (unpaired) electrons. The minimum Gasteiger partial charge on any atom is -0.481 e. The quantitative estimate of drug-likeness (QED) is 0.921. The van der Waals surface area contributed by atoms with Crippen LogP contribution in [0.5, 0.6) is 0 Å². The summed E-state index contributed by atoms with van der Waals surface area (Å²) >= 11 is 0. The van der Waals surface area contributed by atoms with E-state index in [1.54, 1.807) is 60.7 Å². The van der Waals surface area contributed by atoms with Gasteiger partial charge < -0.3 is 5.11 Å². The van der Waals surface area contributed by atoms with Gasteiger partial charge in [-0.3, -0.25) is 4.79 Å². The summed E-state index contributed by atoms with van der Waals surface area (Å²) in [4.78, 5) is 11.3. The molecule has 0 heterocycles. The fourth-order valence-corrected chi connectivity index (χ4v) is 4.07. The predicted molar refractivity (Wildman–Crippen MR) is 80.8 cm³/mol. The van der Waals surface area contributed by atoms with Crippen molar-refractivity contribution in [2.24, 2.45) is 0 Å². The van der Waals surface area contributed by atoms with Crippen molar-refractivity contribution in [1.29, 1.82) is 0 Å². The van der Waals surface area contributed by atoms with E-state index in [0.29, 0.717) is 11.1 Å². The van der Waals surface area contributed by atoms with Crippen LogP contribution >= 0.6 is 0 Å². The summed E-state index contributed by atoms with van der Waals surface area (Å²) in [6, 6.07) is 17.0. The molecule has 0 saturated carbocycles. The van der Waals surface area contributed by atoms with Crippen LogP contribution in [0.1, 0.15) is 17.5 Å². The lowest BCUT2D eigenvalue weighted by atomic mass is 9.87. The van der Waals surface area contributed by atoms with Crippen molar-refractivity contribution in [2.45, 2.75) is 11.2 Å². The first-order valence-electron chi connectivity index (χ1n) is 6.40. The summed E-state index contributed by atoms with van der Waals surface area (Å²) < 4.78 is 23.5. The Morgan fingerprint density at radius 2 is 1.33 bits per heavy atom. The second-order valence-electron chi connectivity index (χ2n) is 4.90. The molecule has 110 valence electrons. The Balaban J connectivity index is 2.82. The smallest absolute Gasteiger partial charge is 0.305 e. The highest BCUT2D eigenvalue weighted by molar-refractivity contribution is 7.91. The van der Waals surface area contributed by atoms with Crippen LogP contribution in [0.2, 0.25) is 0 Å². The van der Waals surface area contributed by atoms with Crippen molar-refractivity contribution in [3.63, 3.8) is 0 Å². The summed E-state index contributed by atoms with van der Waals surface area (Å²) in [6.07, 6.45) is 0.565. The SMILES string of the molecule is CS(=O)(=O)C(CC(=O)O)(c1ccccc1)c1ccccc1. The number of hydrogen-bond acceptors (Lipinski definition) is 3. The molecule has 2 rings (SSSR count). The van der Waals surface area contributed by atoms with Crippen LogP contribution in [-0.4, -0.2) is 25.7 Å². The Kier molecular flexibility index (Phi) is 4.14. The maximum atomic E-state index is 12.5. The first-order chi connectivity index (χ1) is 9.88. The van der Waals surface area contributed by atoms with Crippen LogP contribution < -0.4 is 0 Å². The maximum absolute atomic E-state index is 12.5. The Bertz CT molecular complexity index is 682. The molecule has 21 heavy (non-hydrogen) atoms. The van der Waals surface area contributed by atoms with Gasteiger partial charge >= 0.3 is 5.97 Å². The van der Waals surface area contributed by atoms with Gasteiger partial charge in [0, 0.05) is 6.26 Å². The van der Waals surface area contributed by atoms with Crippen LogP contribution in [0.3, 0.4) is 0 Å². The lowest BCUT2D eigenvalue weighted by molar-refractivity contribution is -0.137. The molecule has 1 N–H and O–H groups in total. The van der Waals surface area contributed by atoms with E-state index in [1.165, 1.54) is 0 Å². The van der Waals surface area contributed by atoms with E-state index in [-0.39, 0.29) is 0 Å². The maximum Gasteiger partial charge on any atom is 0.305 e. The molecule has 0 aliphatic carbocycles. The zero-order valence-electron chi connectivity index (χ0n) is 11.6. The number of carboxylic acid groups (broad SMARTS) is 1. The van der Waals surface area contributed by atoms with Crippen molar-refractivity contribution in [3.05, 3.63) is 71.8 Å². The van der Waals surface area contributed by atoms with Gasteiger partial charge in [0.15, 0.2) is 9.84 Å². The average Bonchev–Trinajstić information content (AvgIpc) is 2.45. The van der Waals surface area contributed by atoms with Crippen LogP contribution in [0.4, 0.5) is 0 Å². The number of aliphatic carboxylic acids is 1. The van der Waals surface area contributed by atoms with Gasteiger partial charge in [-0.1, -0.05) is 60.7 Å². The monoisotopic (exact) mass is 304 g/mol. The van der Waals surface area contributed by atoms with Gasteiger partial charge in [0.05, 0.1) is 6.42 Å². The first kappa shape index (κ1) is 15.3. The average molecular weight is 304 g/mol. The molecule has 0 bridgehead atoms. The second-order valence-corrected chi connectivity index (χ2v) is 7.14. The van der Waals surface area contributed by atoms with E-state index in [1.807, 2.05) is 0 Å². The van der Waals surface area contributed by atoms with Gasteiger partial charge in [-0.25, -0.2) is 8.42 Å². The third kappa shape index (κ3) is 2.83. The topological polar surface area (TPSA) is 71.4 Å². The molecule has 0 amide bonds. The van der Waals surface area contributed by atoms with Crippen LogP contribution in [0.25, 0.3) is 0 Å². The Morgan fingerprint density at radius 3 is 1.62 bits per heavy atom. The van der Waals surface area contributed by atoms with Crippen LogP contribution in [0.15, 0.2) is 60.7 Å². The first-order valence-corrected chi connectivity index (χ1v) is 8.29. The van der Waals surface area contributed by atoms with Crippen molar-refractivity contribution >= 4 is 15.8 Å². The number of carboxylic acids is 1. The molecule has 0 saturated heterocycles. The van der Waals surface area contributed by atoms with Gasteiger partial charge in [-0.2, -0.15) is 0 Å². The van der Waals surface area contributed by atoms with Gasteiger partial charge in [-0.05, 0) is 11.1 Å². The molecule has 0 aromatic heterocycles. The number of benzene rings is 2. The van der Waals surface area contributed by atoms with E-state index >= 15 is 0 Å². The normalized spacial score (nSPS) is 12.0. The van der Waals surface area contributed by atoms with Crippen molar-refractivity contribution in [3.8, 4) is 0 Å².